The quantitative estimate of drug-likeness (QED) is 0.889. The van der Waals surface area contributed by atoms with Gasteiger partial charge in [-0.15, -0.1) is 0 Å². The molecule has 0 aliphatic carbocycles. The van der Waals surface area contributed by atoms with Crippen molar-refractivity contribution >= 4 is 17.2 Å². The summed E-state index contributed by atoms with van der Waals surface area (Å²) in [4.78, 5) is 16.1. The molecule has 4 nitrogen and oxygen atoms in total. The molecule has 100 valence electrons. The van der Waals surface area contributed by atoms with Gasteiger partial charge in [-0.2, -0.15) is 11.3 Å². The number of hydrogen-bond acceptors (Lipinski definition) is 4. The number of rotatable bonds is 4. The summed E-state index contributed by atoms with van der Waals surface area (Å²) in [5.41, 5.74) is 7.06. The van der Waals surface area contributed by atoms with E-state index in [0.717, 1.165) is 25.9 Å². The number of carbonyl (C=O) groups excluding carboxylic acids is 1. The van der Waals surface area contributed by atoms with E-state index in [2.05, 4.69) is 16.3 Å². The number of amides is 1. The molecule has 0 radical (unpaired) electrons. The average Bonchev–Trinajstić information content (AvgIpc) is 2.85. The van der Waals surface area contributed by atoms with Gasteiger partial charge in [-0.1, -0.05) is 0 Å². The van der Waals surface area contributed by atoms with Gasteiger partial charge in [0.2, 0.25) is 5.91 Å². The van der Waals surface area contributed by atoms with Crippen LogP contribution in [0.25, 0.3) is 0 Å². The molecule has 1 saturated heterocycles. The Morgan fingerprint density at radius 1 is 1.56 bits per heavy atom. The first-order valence-corrected chi connectivity index (χ1v) is 7.32. The Morgan fingerprint density at radius 3 is 2.89 bits per heavy atom. The highest BCUT2D eigenvalue weighted by atomic mass is 32.1. The van der Waals surface area contributed by atoms with E-state index in [0.29, 0.717) is 19.1 Å². The maximum absolute atomic E-state index is 12.1. The van der Waals surface area contributed by atoms with Crippen LogP contribution < -0.4 is 5.73 Å². The van der Waals surface area contributed by atoms with Crippen molar-refractivity contribution < 1.29 is 4.79 Å². The third-order valence-electron chi connectivity index (χ3n) is 3.42. The predicted octanol–water partition coefficient (Wildman–Crippen LogP) is 1.13. The van der Waals surface area contributed by atoms with E-state index in [-0.39, 0.29) is 5.91 Å². The molecule has 1 amide bonds. The van der Waals surface area contributed by atoms with Crippen LogP contribution in [0.15, 0.2) is 16.8 Å². The van der Waals surface area contributed by atoms with Gasteiger partial charge >= 0.3 is 0 Å². The van der Waals surface area contributed by atoms with Crippen molar-refractivity contribution in [3.8, 4) is 0 Å². The van der Waals surface area contributed by atoms with Gasteiger partial charge in [0, 0.05) is 32.7 Å². The highest BCUT2D eigenvalue weighted by molar-refractivity contribution is 7.07. The molecule has 0 unspecified atom stereocenters. The minimum Gasteiger partial charge on any atom is -0.340 e. The van der Waals surface area contributed by atoms with Crippen LogP contribution in [0.4, 0.5) is 0 Å². The van der Waals surface area contributed by atoms with Gasteiger partial charge in [0.1, 0.15) is 0 Å². The van der Waals surface area contributed by atoms with E-state index in [4.69, 9.17) is 5.73 Å². The van der Waals surface area contributed by atoms with Gasteiger partial charge in [0.05, 0.1) is 6.54 Å². The fourth-order valence-electron chi connectivity index (χ4n) is 2.17. The van der Waals surface area contributed by atoms with Crippen molar-refractivity contribution in [2.45, 2.75) is 25.4 Å². The maximum atomic E-state index is 12.1. The lowest BCUT2D eigenvalue weighted by molar-refractivity contribution is -0.131. The number of nitrogens with zero attached hydrogens (tertiary/aromatic N) is 2. The second kappa shape index (κ2) is 6.31. The Morgan fingerprint density at radius 2 is 2.28 bits per heavy atom. The molecule has 5 heteroatoms. The molecule has 1 aromatic rings. The molecule has 18 heavy (non-hydrogen) atoms. The molecule has 0 saturated carbocycles. The van der Waals surface area contributed by atoms with Gasteiger partial charge < -0.3 is 10.6 Å². The number of likely N-dealkylation sites (N-methyl/N-ethyl adjacent to an activating group) is 1. The summed E-state index contributed by atoms with van der Waals surface area (Å²) in [5.74, 6) is 0.191. The third kappa shape index (κ3) is 3.80. The smallest absolute Gasteiger partial charge is 0.236 e. The molecule has 2 N–H and O–H groups in total. The van der Waals surface area contributed by atoms with E-state index in [1.165, 1.54) is 5.56 Å². The van der Waals surface area contributed by atoms with Crippen LogP contribution in [0.3, 0.4) is 0 Å². The van der Waals surface area contributed by atoms with Gasteiger partial charge in [-0.25, -0.2) is 0 Å². The summed E-state index contributed by atoms with van der Waals surface area (Å²) in [6.07, 6.45) is 2.00. The van der Waals surface area contributed by atoms with Crippen molar-refractivity contribution in [1.29, 1.82) is 0 Å². The molecule has 2 heterocycles. The minimum atomic E-state index is 0.191. The lowest BCUT2D eigenvalue weighted by Gasteiger charge is -2.30. The fraction of sp³-hybridized carbons (Fsp3) is 0.615. The Bertz CT molecular complexity index is 372. The summed E-state index contributed by atoms with van der Waals surface area (Å²) >= 11 is 1.67. The molecule has 0 atom stereocenters. The Kier molecular flexibility index (Phi) is 4.74. The minimum absolute atomic E-state index is 0.191. The second-order valence-corrected chi connectivity index (χ2v) is 5.78. The molecular weight excluding hydrogens is 246 g/mol. The van der Waals surface area contributed by atoms with E-state index in [1.807, 2.05) is 12.4 Å². The van der Waals surface area contributed by atoms with Gasteiger partial charge in [-0.3, -0.25) is 9.69 Å². The zero-order valence-electron chi connectivity index (χ0n) is 10.8. The van der Waals surface area contributed by atoms with Crippen LogP contribution in [-0.2, 0) is 11.3 Å². The number of hydrogen-bond donors (Lipinski definition) is 1. The first kappa shape index (κ1) is 13.5. The highest BCUT2D eigenvalue weighted by Gasteiger charge is 2.19. The molecule has 1 aromatic heterocycles. The molecule has 1 aliphatic heterocycles. The molecule has 1 aliphatic rings. The monoisotopic (exact) mass is 267 g/mol. The highest BCUT2D eigenvalue weighted by Crippen LogP contribution is 2.10. The number of carbonyl (C=O) groups is 1. The van der Waals surface area contributed by atoms with Crippen LogP contribution in [0.1, 0.15) is 18.4 Å². The van der Waals surface area contributed by atoms with Crippen molar-refractivity contribution in [3.63, 3.8) is 0 Å². The van der Waals surface area contributed by atoms with E-state index in [1.54, 1.807) is 16.2 Å². The first-order chi connectivity index (χ1) is 8.65. The fourth-order valence-corrected chi connectivity index (χ4v) is 2.83. The molecule has 0 spiro atoms. The molecular formula is C13H21N3OS. The van der Waals surface area contributed by atoms with Crippen LogP contribution in [0.5, 0.6) is 0 Å². The molecule has 1 fully saturated rings. The Balaban J connectivity index is 1.77. The van der Waals surface area contributed by atoms with Crippen LogP contribution in [-0.4, -0.2) is 48.4 Å². The Hall–Kier alpha value is -0.910. The summed E-state index contributed by atoms with van der Waals surface area (Å²) < 4.78 is 0. The van der Waals surface area contributed by atoms with Crippen molar-refractivity contribution in [3.05, 3.63) is 22.4 Å². The number of nitrogens with two attached hydrogens (primary N) is 1. The normalized spacial score (nSPS) is 17.9. The van der Waals surface area contributed by atoms with Crippen LogP contribution in [0, 0.1) is 0 Å². The number of piperidine rings is 1. The number of likely N-dealkylation sites (tertiary alicyclic amines) is 1. The summed E-state index contributed by atoms with van der Waals surface area (Å²) in [5, 5.41) is 4.13. The zero-order chi connectivity index (χ0) is 13.0. The molecule has 0 aromatic carbocycles. The lowest BCUT2D eigenvalue weighted by atomic mass is 10.1. The SMILES string of the molecule is CN(Cc1ccsc1)C(=O)CN1CCC(N)CC1. The molecule has 2 rings (SSSR count). The van der Waals surface area contributed by atoms with Crippen LogP contribution >= 0.6 is 11.3 Å². The van der Waals surface area contributed by atoms with E-state index < -0.39 is 0 Å². The maximum Gasteiger partial charge on any atom is 0.236 e. The Labute approximate surface area is 112 Å². The summed E-state index contributed by atoms with van der Waals surface area (Å²) in [6, 6.07) is 2.38. The topological polar surface area (TPSA) is 49.6 Å². The van der Waals surface area contributed by atoms with Gasteiger partial charge in [0.25, 0.3) is 0 Å². The van der Waals surface area contributed by atoms with Crippen molar-refractivity contribution in [2.24, 2.45) is 5.73 Å². The van der Waals surface area contributed by atoms with Crippen LogP contribution in [0.2, 0.25) is 0 Å². The standard InChI is InChI=1S/C13H21N3OS/c1-15(8-11-4-7-18-10-11)13(17)9-16-5-2-12(14)3-6-16/h4,7,10,12H,2-3,5-6,8-9,14H2,1H3. The predicted molar refractivity (Wildman–Crippen MR) is 74.4 cm³/mol. The van der Waals surface area contributed by atoms with Gasteiger partial charge in [0.15, 0.2) is 0 Å². The van der Waals surface area contributed by atoms with Crippen molar-refractivity contribution in [1.82, 2.24) is 9.80 Å². The first-order valence-electron chi connectivity index (χ1n) is 6.38. The number of thiophene rings is 1. The third-order valence-corrected chi connectivity index (χ3v) is 4.15. The lowest BCUT2D eigenvalue weighted by Crippen LogP contribution is -2.44. The van der Waals surface area contributed by atoms with E-state index >= 15 is 0 Å². The van der Waals surface area contributed by atoms with E-state index in [9.17, 15) is 4.79 Å². The second-order valence-electron chi connectivity index (χ2n) is 4.99. The zero-order valence-corrected chi connectivity index (χ0v) is 11.7. The summed E-state index contributed by atoms with van der Waals surface area (Å²) in [6.45, 7) is 3.11. The summed E-state index contributed by atoms with van der Waals surface area (Å²) in [7, 11) is 1.87. The largest absolute Gasteiger partial charge is 0.340 e. The van der Waals surface area contributed by atoms with Crippen molar-refractivity contribution in [2.75, 3.05) is 26.7 Å². The average molecular weight is 267 g/mol. The van der Waals surface area contributed by atoms with Gasteiger partial charge in [-0.05, 0) is 35.2 Å². The molecule has 0 bridgehead atoms.